The highest BCUT2D eigenvalue weighted by molar-refractivity contribution is 9.09. The van der Waals surface area contributed by atoms with Gasteiger partial charge in [0.15, 0.2) is 0 Å². The molecule has 0 radical (unpaired) electrons. The van der Waals surface area contributed by atoms with Gasteiger partial charge in [-0.25, -0.2) is 0 Å². The molecule has 1 aliphatic carbocycles. The Hall–Kier alpha value is 0.660. The van der Waals surface area contributed by atoms with Crippen LogP contribution in [0, 0.1) is 11.3 Å². The van der Waals surface area contributed by atoms with E-state index in [1.54, 1.807) is 0 Å². The molecule has 0 saturated heterocycles. The summed E-state index contributed by atoms with van der Waals surface area (Å²) in [6.07, 6.45) is 6.13. The maximum absolute atomic E-state index is 6.51. The lowest BCUT2D eigenvalue weighted by Gasteiger charge is -2.52. The van der Waals surface area contributed by atoms with E-state index in [1.165, 1.54) is 12.0 Å². The van der Waals surface area contributed by atoms with Crippen molar-refractivity contribution >= 4 is 31.9 Å². The number of fused-ring (bicyclic) bond motifs is 1. The van der Waals surface area contributed by atoms with Crippen molar-refractivity contribution in [1.82, 2.24) is 0 Å². The monoisotopic (exact) mass is 378 g/mol. The lowest BCUT2D eigenvalue weighted by atomic mass is 9.60. The van der Waals surface area contributed by atoms with Crippen molar-refractivity contribution < 1.29 is 4.74 Å². The summed E-state index contributed by atoms with van der Waals surface area (Å²) in [4.78, 5) is 0.598. The van der Waals surface area contributed by atoms with Gasteiger partial charge in [0, 0.05) is 10.2 Å². The molecule has 4 atom stereocenters. The van der Waals surface area contributed by atoms with Gasteiger partial charge in [0.25, 0.3) is 0 Å². The molecule has 0 aromatic carbocycles. The van der Waals surface area contributed by atoms with Gasteiger partial charge >= 0.3 is 0 Å². The van der Waals surface area contributed by atoms with Crippen LogP contribution >= 0.6 is 31.9 Å². The fourth-order valence-corrected chi connectivity index (χ4v) is 4.86. The Morgan fingerprint density at radius 3 is 2.67 bits per heavy atom. The van der Waals surface area contributed by atoms with Gasteiger partial charge in [-0.15, -0.1) is 0 Å². The Balaban J connectivity index is 2.34. The number of allylic oxidation sites excluding steroid dienone is 1. The van der Waals surface area contributed by atoms with Gasteiger partial charge in [0.1, 0.15) is 0 Å². The maximum Gasteiger partial charge on any atom is 0.0886 e. The van der Waals surface area contributed by atoms with E-state index < -0.39 is 0 Å². The van der Waals surface area contributed by atoms with Gasteiger partial charge in [-0.2, -0.15) is 0 Å². The van der Waals surface area contributed by atoms with Gasteiger partial charge in [0.05, 0.1) is 11.7 Å². The second-order valence-corrected chi connectivity index (χ2v) is 8.39. The molecule has 1 heterocycles. The average molecular weight is 380 g/mol. The molecule has 0 amide bonds. The standard InChI is InChI=1S/C15H24Br2O/c1-10-5-6-12-14(2,3)13(17)7-8-15(12,4)18-11(10)9-16/h5,11-13H,6-9H2,1-4H3/t11-,12-,13-,15-/m1/s1. The quantitative estimate of drug-likeness (QED) is 0.456. The van der Waals surface area contributed by atoms with E-state index in [0.29, 0.717) is 10.7 Å². The first-order valence-electron chi connectivity index (χ1n) is 6.86. The Bertz CT molecular complexity index is 350. The van der Waals surface area contributed by atoms with Crippen LogP contribution in [0.1, 0.15) is 47.0 Å². The second kappa shape index (κ2) is 5.21. The van der Waals surface area contributed by atoms with Crippen LogP contribution in [0.4, 0.5) is 0 Å². The molecule has 0 bridgehead atoms. The zero-order valence-corrected chi connectivity index (χ0v) is 15.0. The van der Waals surface area contributed by atoms with Crippen LogP contribution in [0.25, 0.3) is 0 Å². The molecule has 2 aliphatic rings. The zero-order chi connectivity index (χ0) is 13.6. The van der Waals surface area contributed by atoms with E-state index in [9.17, 15) is 0 Å². The third-order valence-corrected chi connectivity index (χ3v) is 7.30. The molecule has 1 saturated carbocycles. The third kappa shape index (κ3) is 2.47. The summed E-state index contributed by atoms with van der Waals surface area (Å²) in [5, 5.41) is 0.899. The van der Waals surface area contributed by atoms with Crippen molar-refractivity contribution in [2.24, 2.45) is 11.3 Å². The van der Waals surface area contributed by atoms with Gasteiger partial charge in [0.2, 0.25) is 0 Å². The molecule has 104 valence electrons. The van der Waals surface area contributed by atoms with E-state index in [-0.39, 0.29) is 17.1 Å². The van der Waals surface area contributed by atoms with Crippen LogP contribution in [-0.4, -0.2) is 21.9 Å². The number of ether oxygens (including phenoxy) is 1. The van der Waals surface area contributed by atoms with Crippen LogP contribution in [0.15, 0.2) is 11.6 Å². The molecule has 1 fully saturated rings. The second-order valence-electron chi connectivity index (χ2n) is 6.64. The van der Waals surface area contributed by atoms with Gasteiger partial charge in [-0.1, -0.05) is 51.8 Å². The molecule has 3 heteroatoms. The molecule has 0 N–H and O–H groups in total. The lowest BCUT2D eigenvalue weighted by Crippen LogP contribution is -2.53. The smallest absolute Gasteiger partial charge is 0.0886 e. The molecule has 18 heavy (non-hydrogen) atoms. The average Bonchev–Trinajstić information content (AvgIpc) is 2.43. The largest absolute Gasteiger partial charge is 0.367 e. The first kappa shape index (κ1) is 15.1. The Kier molecular flexibility index (Phi) is 4.36. The predicted molar refractivity (Wildman–Crippen MR) is 84.7 cm³/mol. The van der Waals surface area contributed by atoms with E-state index in [4.69, 9.17) is 4.74 Å². The van der Waals surface area contributed by atoms with E-state index in [0.717, 1.165) is 18.2 Å². The first-order chi connectivity index (χ1) is 8.31. The van der Waals surface area contributed by atoms with Crippen molar-refractivity contribution in [2.75, 3.05) is 5.33 Å². The summed E-state index contributed by atoms with van der Waals surface area (Å²) in [6, 6.07) is 0. The molecular weight excluding hydrogens is 356 g/mol. The molecule has 1 aliphatic heterocycles. The predicted octanol–water partition coefficient (Wildman–Crippen LogP) is 5.07. The van der Waals surface area contributed by atoms with Crippen LogP contribution in [0.5, 0.6) is 0 Å². The fourth-order valence-electron chi connectivity index (χ4n) is 3.67. The number of halogens is 2. The highest BCUT2D eigenvalue weighted by Gasteiger charge is 2.52. The third-order valence-electron chi connectivity index (χ3n) is 5.07. The van der Waals surface area contributed by atoms with Crippen molar-refractivity contribution in [3.8, 4) is 0 Å². The topological polar surface area (TPSA) is 9.23 Å². The summed E-state index contributed by atoms with van der Waals surface area (Å²) in [7, 11) is 0. The zero-order valence-electron chi connectivity index (χ0n) is 11.8. The van der Waals surface area contributed by atoms with Crippen molar-refractivity contribution in [3.63, 3.8) is 0 Å². The number of hydrogen-bond acceptors (Lipinski definition) is 1. The number of hydrogen-bond donors (Lipinski definition) is 0. The molecule has 0 unspecified atom stereocenters. The lowest BCUT2D eigenvalue weighted by molar-refractivity contribution is -0.143. The summed E-state index contributed by atoms with van der Waals surface area (Å²) < 4.78 is 6.51. The SMILES string of the molecule is CC1=CC[C@@H]2C(C)(C)[C@H](Br)CC[C@@]2(C)O[C@@H]1CBr. The van der Waals surface area contributed by atoms with Gasteiger partial charge < -0.3 is 4.74 Å². The normalized spacial score (nSPS) is 43.9. The number of alkyl halides is 2. The minimum Gasteiger partial charge on any atom is -0.367 e. The maximum atomic E-state index is 6.51. The van der Waals surface area contributed by atoms with E-state index in [1.807, 2.05) is 0 Å². The number of rotatable bonds is 1. The minimum absolute atomic E-state index is 0.0144. The fraction of sp³-hybridized carbons (Fsp3) is 0.867. The highest BCUT2D eigenvalue weighted by atomic mass is 79.9. The summed E-state index contributed by atoms with van der Waals surface area (Å²) >= 11 is 7.48. The molecule has 1 nitrogen and oxygen atoms in total. The molecular formula is C15H24Br2O. The van der Waals surface area contributed by atoms with Crippen LogP contribution in [0.3, 0.4) is 0 Å². The molecule has 0 spiro atoms. The molecule has 0 aromatic heterocycles. The Labute approximate surface area is 128 Å². The van der Waals surface area contributed by atoms with Crippen molar-refractivity contribution in [3.05, 3.63) is 11.6 Å². The van der Waals surface area contributed by atoms with Crippen LogP contribution in [-0.2, 0) is 4.74 Å². The van der Waals surface area contributed by atoms with Crippen LogP contribution in [0.2, 0.25) is 0 Å². The van der Waals surface area contributed by atoms with Crippen LogP contribution < -0.4 is 0 Å². The van der Waals surface area contributed by atoms with E-state index >= 15 is 0 Å². The van der Waals surface area contributed by atoms with Crippen molar-refractivity contribution in [2.45, 2.75) is 63.5 Å². The summed E-state index contributed by atoms with van der Waals surface area (Å²) in [5.41, 5.74) is 1.68. The summed E-state index contributed by atoms with van der Waals surface area (Å²) in [5.74, 6) is 0.585. The Morgan fingerprint density at radius 1 is 1.39 bits per heavy atom. The first-order valence-corrected chi connectivity index (χ1v) is 8.89. The van der Waals surface area contributed by atoms with Gasteiger partial charge in [-0.3, -0.25) is 0 Å². The van der Waals surface area contributed by atoms with Crippen molar-refractivity contribution in [1.29, 1.82) is 0 Å². The summed E-state index contributed by atoms with van der Waals surface area (Å²) in [6.45, 7) is 9.29. The highest BCUT2D eigenvalue weighted by Crippen LogP contribution is 2.53. The van der Waals surface area contributed by atoms with Gasteiger partial charge in [-0.05, 0) is 50.0 Å². The Morgan fingerprint density at radius 2 is 2.06 bits per heavy atom. The van der Waals surface area contributed by atoms with E-state index in [2.05, 4.69) is 65.6 Å². The molecule has 0 aromatic rings. The molecule has 2 rings (SSSR count). The minimum atomic E-state index is 0.0144.